The fourth-order valence-electron chi connectivity index (χ4n) is 9.51. The second-order valence-corrected chi connectivity index (χ2v) is 15.6. The number of terminal acetylenes is 1. The van der Waals surface area contributed by atoms with Crippen LogP contribution in [0.2, 0.25) is 0 Å². The average Bonchev–Trinajstić information content (AvgIpc) is 3.75. The first-order valence-corrected chi connectivity index (χ1v) is 19.7. The molecule has 1 aromatic heterocycles. The minimum Gasteiger partial charge on any atom is -0.461 e. The second-order valence-electron chi connectivity index (χ2n) is 15.6. The average molecular weight is 748 g/mol. The number of fused-ring (bicyclic) bond motifs is 3. The standard InChI is InChI=1S/C43H50FN7O4/c1-3-30-8-4-9-31-10-5-11-35(40(30)31)38-24-37-36(28-54-38)41(47-42(46-37)55-29-43-16-7-19-50(43)26-32(44)25-43)49-22-23-51(33(27-49)13-17-45)39(52)12-6-18-48-20-14-34(53-2)15-21-48/h1,4-6,8-12,32-34,38H,7,13-16,18-29H2,2H3/b12-6+/t32-,33+,38+,43+/m1/s1. The first-order valence-electron chi connectivity index (χ1n) is 19.7. The number of benzene rings is 2. The maximum atomic E-state index is 14.7. The van der Waals surface area contributed by atoms with E-state index in [0.29, 0.717) is 64.1 Å². The molecule has 288 valence electrons. The van der Waals surface area contributed by atoms with Gasteiger partial charge in [-0.3, -0.25) is 14.6 Å². The van der Waals surface area contributed by atoms with Gasteiger partial charge in [0, 0.05) is 88.4 Å². The minimum absolute atomic E-state index is 0.0869. The number of rotatable bonds is 10. The molecular weight excluding hydrogens is 698 g/mol. The molecule has 3 aromatic rings. The van der Waals surface area contributed by atoms with E-state index < -0.39 is 6.17 Å². The van der Waals surface area contributed by atoms with E-state index in [1.54, 1.807) is 13.2 Å². The Hall–Kier alpha value is -4.59. The SMILES string of the molecule is C#Cc1cccc2cccc([C@@H]3Cc4nc(OC[C@@]56CCCN5C[C@H](F)C6)nc(N5CCN(C(=O)/C=C/CN6CCC(OC)CC6)[C@@H](CC#N)C5)c4CO3)c12. The molecule has 6 heterocycles. The zero-order valence-corrected chi connectivity index (χ0v) is 31.7. The summed E-state index contributed by atoms with van der Waals surface area (Å²) in [7, 11) is 1.76. The first-order chi connectivity index (χ1) is 26.9. The van der Waals surface area contributed by atoms with Crippen molar-refractivity contribution in [2.45, 2.75) is 81.5 Å². The molecule has 8 rings (SSSR count). The van der Waals surface area contributed by atoms with Crippen LogP contribution in [0.5, 0.6) is 6.01 Å². The topological polar surface area (TPSA) is 107 Å². The van der Waals surface area contributed by atoms with Gasteiger partial charge in [0.15, 0.2) is 0 Å². The molecule has 0 radical (unpaired) electrons. The molecule has 0 unspecified atom stereocenters. The van der Waals surface area contributed by atoms with Gasteiger partial charge in [-0.1, -0.05) is 42.3 Å². The summed E-state index contributed by atoms with van der Waals surface area (Å²) in [5, 5.41) is 11.9. The van der Waals surface area contributed by atoms with Gasteiger partial charge >= 0.3 is 6.01 Å². The number of carbonyl (C=O) groups is 1. The lowest BCUT2D eigenvalue weighted by Gasteiger charge is -2.42. The Labute approximate surface area is 323 Å². The van der Waals surface area contributed by atoms with Crippen molar-refractivity contribution in [2.75, 3.05) is 71.0 Å². The van der Waals surface area contributed by atoms with Crippen molar-refractivity contribution in [3.8, 4) is 24.4 Å². The van der Waals surface area contributed by atoms with Gasteiger partial charge in [-0.05, 0) is 49.2 Å². The van der Waals surface area contributed by atoms with Crippen LogP contribution in [0.1, 0.15) is 67.0 Å². The molecule has 4 saturated heterocycles. The molecule has 5 aliphatic heterocycles. The van der Waals surface area contributed by atoms with E-state index in [-0.39, 0.29) is 42.6 Å². The summed E-state index contributed by atoms with van der Waals surface area (Å²) in [6.07, 6.45) is 13.7. The fraction of sp³-hybridized carbons (Fsp3) is 0.535. The number of methoxy groups -OCH3 is 1. The number of halogens is 1. The maximum absolute atomic E-state index is 14.7. The van der Waals surface area contributed by atoms with Crippen molar-refractivity contribution in [2.24, 2.45) is 0 Å². The number of anilines is 1. The molecule has 1 amide bonds. The van der Waals surface area contributed by atoms with Crippen LogP contribution in [0, 0.1) is 23.7 Å². The molecule has 4 atom stereocenters. The molecule has 0 N–H and O–H groups in total. The number of nitrogens with zero attached hydrogens (tertiary/aromatic N) is 7. The van der Waals surface area contributed by atoms with Crippen LogP contribution in [-0.2, 0) is 27.3 Å². The number of carbonyl (C=O) groups excluding carboxylic acids is 1. The third-order valence-electron chi connectivity index (χ3n) is 12.4. The smallest absolute Gasteiger partial charge is 0.318 e. The monoisotopic (exact) mass is 747 g/mol. The number of hydrogen-bond acceptors (Lipinski definition) is 10. The predicted molar refractivity (Wildman–Crippen MR) is 207 cm³/mol. The molecule has 0 saturated carbocycles. The molecule has 0 bridgehead atoms. The number of piperidine rings is 1. The third kappa shape index (κ3) is 7.66. The van der Waals surface area contributed by atoms with Crippen LogP contribution in [-0.4, -0.2) is 121 Å². The number of likely N-dealkylation sites (tertiary alicyclic amines) is 1. The Bertz CT molecular complexity index is 2000. The molecule has 12 heteroatoms. The van der Waals surface area contributed by atoms with E-state index in [1.807, 2.05) is 29.2 Å². The van der Waals surface area contributed by atoms with Crippen molar-refractivity contribution < 1.29 is 23.4 Å². The van der Waals surface area contributed by atoms with E-state index in [4.69, 9.17) is 30.6 Å². The molecule has 4 fully saturated rings. The van der Waals surface area contributed by atoms with Gasteiger partial charge in [0.2, 0.25) is 5.91 Å². The lowest BCUT2D eigenvalue weighted by molar-refractivity contribution is -0.128. The number of ether oxygens (including phenoxy) is 3. The molecule has 5 aliphatic rings. The number of piperazine rings is 1. The Kier molecular flexibility index (Phi) is 11.0. The van der Waals surface area contributed by atoms with Crippen molar-refractivity contribution in [3.05, 3.63) is 70.9 Å². The van der Waals surface area contributed by atoms with Gasteiger partial charge < -0.3 is 24.0 Å². The van der Waals surface area contributed by atoms with Crippen LogP contribution in [0.3, 0.4) is 0 Å². The van der Waals surface area contributed by atoms with E-state index in [0.717, 1.165) is 78.5 Å². The zero-order valence-electron chi connectivity index (χ0n) is 31.7. The van der Waals surface area contributed by atoms with Gasteiger partial charge in [0.05, 0.1) is 48.6 Å². The van der Waals surface area contributed by atoms with Crippen LogP contribution in [0.4, 0.5) is 10.2 Å². The van der Waals surface area contributed by atoms with Gasteiger partial charge in [-0.2, -0.15) is 15.2 Å². The Balaban J connectivity index is 1.05. The fourth-order valence-corrected chi connectivity index (χ4v) is 9.51. The highest BCUT2D eigenvalue weighted by Gasteiger charge is 2.49. The summed E-state index contributed by atoms with van der Waals surface area (Å²) in [5.74, 6) is 3.46. The van der Waals surface area contributed by atoms with Crippen molar-refractivity contribution in [1.82, 2.24) is 24.7 Å². The zero-order chi connectivity index (χ0) is 37.9. The van der Waals surface area contributed by atoms with Crippen LogP contribution < -0.4 is 9.64 Å². The number of hydrogen-bond donors (Lipinski definition) is 0. The van der Waals surface area contributed by atoms with Gasteiger partial charge in [0.1, 0.15) is 18.6 Å². The molecule has 55 heavy (non-hydrogen) atoms. The second kappa shape index (κ2) is 16.3. The van der Waals surface area contributed by atoms with Crippen LogP contribution in [0.25, 0.3) is 10.8 Å². The van der Waals surface area contributed by atoms with Crippen LogP contribution in [0.15, 0.2) is 48.6 Å². The maximum Gasteiger partial charge on any atom is 0.318 e. The number of aromatic nitrogens is 2. The summed E-state index contributed by atoms with van der Waals surface area (Å²) >= 11 is 0. The molecular formula is C43H50FN7O4. The van der Waals surface area contributed by atoms with Gasteiger partial charge in [0.25, 0.3) is 0 Å². The van der Waals surface area contributed by atoms with E-state index in [1.165, 1.54) is 0 Å². The highest BCUT2D eigenvalue weighted by Crippen LogP contribution is 2.42. The van der Waals surface area contributed by atoms with Gasteiger partial charge in [-0.15, -0.1) is 6.42 Å². The lowest BCUT2D eigenvalue weighted by Crippen LogP contribution is -2.55. The summed E-state index contributed by atoms with van der Waals surface area (Å²) in [6, 6.07) is 14.4. The first kappa shape index (κ1) is 37.3. The summed E-state index contributed by atoms with van der Waals surface area (Å²) in [6.45, 7) is 5.88. The Morgan fingerprint density at radius 1 is 1.13 bits per heavy atom. The van der Waals surface area contributed by atoms with Crippen molar-refractivity contribution in [1.29, 1.82) is 5.26 Å². The molecule has 0 aliphatic carbocycles. The minimum atomic E-state index is -0.866. The van der Waals surface area contributed by atoms with E-state index in [2.05, 4.69) is 44.9 Å². The highest BCUT2D eigenvalue weighted by atomic mass is 19.1. The molecule has 2 aromatic carbocycles. The summed E-state index contributed by atoms with van der Waals surface area (Å²) in [4.78, 5) is 32.1. The number of amides is 1. The Morgan fingerprint density at radius 3 is 2.76 bits per heavy atom. The van der Waals surface area contributed by atoms with Crippen LogP contribution >= 0.6 is 0 Å². The lowest BCUT2D eigenvalue weighted by atomic mass is 9.92. The molecule has 11 nitrogen and oxygen atoms in total. The summed E-state index contributed by atoms with van der Waals surface area (Å²) < 4.78 is 33.2. The predicted octanol–water partition coefficient (Wildman–Crippen LogP) is 4.98. The van der Waals surface area contributed by atoms with Crippen molar-refractivity contribution in [3.63, 3.8) is 0 Å². The number of nitriles is 1. The van der Waals surface area contributed by atoms with E-state index >= 15 is 0 Å². The molecule has 0 spiro atoms. The van der Waals surface area contributed by atoms with Crippen molar-refractivity contribution >= 4 is 22.5 Å². The Morgan fingerprint density at radius 2 is 1.96 bits per heavy atom. The largest absolute Gasteiger partial charge is 0.461 e. The number of alkyl halides is 1. The third-order valence-corrected chi connectivity index (χ3v) is 12.4. The van der Waals surface area contributed by atoms with Gasteiger partial charge in [-0.25, -0.2) is 4.39 Å². The normalized spacial score (nSPS) is 26.2. The highest BCUT2D eigenvalue weighted by molar-refractivity contribution is 5.91. The summed E-state index contributed by atoms with van der Waals surface area (Å²) in [5.41, 5.74) is 3.18. The quantitative estimate of drug-likeness (QED) is 0.208. The van der Waals surface area contributed by atoms with E-state index in [9.17, 15) is 14.4 Å².